The monoisotopic (exact) mass is 242 g/mol. The van der Waals surface area contributed by atoms with Crippen molar-refractivity contribution in [2.45, 2.75) is 64.0 Å². The summed E-state index contributed by atoms with van der Waals surface area (Å²) in [7, 11) is 0. The molecule has 17 heavy (non-hydrogen) atoms. The lowest BCUT2D eigenvalue weighted by Crippen LogP contribution is -2.45. The van der Waals surface area contributed by atoms with Crippen molar-refractivity contribution in [1.82, 2.24) is 5.32 Å². The van der Waals surface area contributed by atoms with E-state index >= 15 is 0 Å². The molecule has 4 heteroatoms. The summed E-state index contributed by atoms with van der Waals surface area (Å²) in [5.41, 5.74) is 5.47. The Bertz CT molecular complexity index is 233. The van der Waals surface area contributed by atoms with Gasteiger partial charge in [0.25, 0.3) is 0 Å². The SMILES string of the molecule is CC(CCN)CCC(=O)N[C@H]1CCCC[C@@H]1O. The van der Waals surface area contributed by atoms with Crippen LogP contribution in [0.5, 0.6) is 0 Å². The van der Waals surface area contributed by atoms with E-state index in [1.165, 1.54) is 0 Å². The van der Waals surface area contributed by atoms with E-state index < -0.39 is 0 Å². The Morgan fingerprint density at radius 2 is 2.12 bits per heavy atom. The van der Waals surface area contributed by atoms with Crippen LogP contribution in [0.2, 0.25) is 0 Å². The fourth-order valence-electron chi connectivity index (χ4n) is 2.36. The van der Waals surface area contributed by atoms with Gasteiger partial charge in [0.15, 0.2) is 0 Å². The van der Waals surface area contributed by atoms with Crippen LogP contribution in [-0.2, 0) is 4.79 Å². The molecule has 1 amide bonds. The molecule has 0 aromatic heterocycles. The minimum absolute atomic E-state index is 0.0268. The summed E-state index contributed by atoms with van der Waals surface area (Å²) >= 11 is 0. The summed E-state index contributed by atoms with van der Waals surface area (Å²) in [6.07, 6.45) is 5.94. The van der Waals surface area contributed by atoms with E-state index in [0.717, 1.165) is 38.5 Å². The van der Waals surface area contributed by atoms with Gasteiger partial charge < -0.3 is 16.2 Å². The van der Waals surface area contributed by atoms with Gasteiger partial charge in [0, 0.05) is 6.42 Å². The van der Waals surface area contributed by atoms with E-state index in [1.54, 1.807) is 0 Å². The van der Waals surface area contributed by atoms with Crippen LogP contribution < -0.4 is 11.1 Å². The molecule has 1 fully saturated rings. The highest BCUT2D eigenvalue weighted by molar-refractivity contribution is 5.76. The first-order valence-corrected chi connectivity index (χ1v) is 6.81. The topological polar surface area (TPSA) is 75.4 Å². The Morgan fingerprint density at radius 1 is 1.41 bits per heavy atom. The number of carbonyl (C=O) groups is 1. The maximum atomic E-state index is 11.7. The van der Waals surface area contributed by atoms with Crippen molar-refractivity contribution >= 4 is 5.91 Å². The number of carbonyl (C=O) groups excluding carboxylic acids is 1. The van der Waals surface area contributed by atoms with Gasteiger partial charge in [-0.15, -0.1) is 0 Å². The van der Waals surface area contributed by atoms with Gasteiger partial charge in [-0.3, -0.25) is 4.79 Å². The Labute approximate surface area is 104 Å². The molecular formula is C13H26N2O2. The van der Waals surface area contributed by atoms with E-state index in [4.69, 9.17) is 5.73 Å². The van der Waals surface area contributed by atoms with Crippen molar-refractivity contribution in [1.29, 1.82) is 0 Å². The molecule has 0 aromatic carbocycles. The highest BCUT2D eigenvalue weighted by atomic mass is 16.3. The quantitative estimate of drug-likeness (QED) is 0.654. The predicted molar refractivity (Wildman–Crippen MR) is 68.5 cm³/mol. The highest BCUT2D eigenvalue weighted by Crippen LogP contribution is 2.18. The second-order valence-electron chi connectivity index (χ2n) is 5.25. The summed E-state index contributed by atoms with van der Waals surface area (Å²) < 4.78 is 0. The van der Waals surface area contributed by atoms with Gasteiger partial charge in [-0.2, -0.15) is 0 Å². The van der Waals surface area contributed by atoms with E-state index in [0.29, 0.717) is 18.9 Å². The number of nitrogens with two attached hydrogens (primary N) is 1. The third kappa shape index (κ3) is 5.50. The molecule has 0 radical (unpaired) electrons. The number of hydrogen-bond acceptors (Lipinski definition) is 3. The van der Waals surface area contributed by atoms with Crippen LogP contribution in [0, 0.1) is 5.92 Å². The Hall–Kier alpha value is -0.610. The number of aliphatic hydroxyl groups excluding tert-OH is 1. The summed E-state index contributed by atoms with van der Waals surface area (Å²) in [4.78, 5) is 11.7. The molecule has 0 saturated heterocycles. The van der Waals surface area contributed by atoms with E-state index in [1.807, 2.05) is 0 Å². The van der Waals surface area contributed by atoms with Crippen LogP contribution in [0.4, 0.5) is 0 Å². The van der Waals surface area contributed by atoms with Crippen molar-refractivity contribution in [2.75, 3.05) is 6.54 Å². The predicted octanol–water partition coefficient (Wildman–Crippen LogP) is 1.17. The fourth-order valence-corrected chi connectivity index (χ4v) is 2.36. The first-order chi connectivity index (χ1) is 8.13. The maximum absolute atomic E-state index is 11.7. The molecule has 1 unspecified atom stereocenters. The fraction of sp³-hybridized carbons (Fsp3) is 0.923. The minimum Gasteiger partial charge on any atom is -0.391 e. The zero-order valence-corrected chi connectivity index (χ0v) is 10.8. The third-order valence-electron chi connectivity index (χ3n) is 3.60. The van der Waals surface area contributed by atoms with E-state index in [2.05, 4.69) is 12.2 Å². The highest BCUT2D eigenvalue weighted by Gasteiger charge is 2.24. The molecule has 1 aliphatic rings. The van der Waals surface area contributed by atoms with Gasteiger partial charge in [-0.25, -0.2) is 0 Å². The number of rotatable bonds is 6. The average molecular weight is 242 g/mol. The van der Waals surface area contributed by atoms with Crippen molar-refractivity contribution < 1.29 is 9.90 Å². The molecule has 0 bridgehead atoms. The summed E-state index contributed by atoms with van der Waals surface area (Å²) in [5.74, 6) is 0.571. The largest absolute Gasteiger partial charge is 0.391 e. The molecule has 1 rings (SSSR count). The maximum Gasteiger partial charge on any atom is 0.220 e. The van der Waals surface area contributed by atoms with Gasteiger partial charge in [-0.1, -0.05) is 19.8 Å². The van der Waals surface area contributed by atoms with Crippen molar-refractivity contribution in [2.24, 2.45) is 11.7 Å². The molecule has 0 heterocycles. The Kier molecular flexibility index (Phi) is 6.52. The average Bonchev–Trinajstić information content (AvgIpc) is 2.30. The number of amides is 1. The van der Waals surface area contributed by atoms with Gasteiger partial charge in [0.05, 0.1) is 12.1 Å². The van der Waals surface area contributed by atoms with E-state index in [-0.39, 0.29) is 18.1 Å². The van der Waals surface area contributed by atoms with Crippen molar-refractivity contribution in [3.63, 3.8) is 0 Å². The van der Waals surface area contributed by atoms with E-state index in [9.17, 15) is 9.90 Å². The van der Waals surface area contributed by atoms with Crippen molar-refractivity contribution in [3.05, 3.63) is 0 Å². The molecule has 100 valence electrons. The zero-order chi connectivity index (χ0) is 12.7. The van der Waals surface area contributed by atoms with Gasteiger partial charge in [0.2, 0.25) is 5.91 Å². The summed E-state index contributed by atoms with van der Waals surface area (Å²) in [6.45, 7) is 2.81. The van der Waals surface area contributed by atoms with Crippen LogP contribution in [0.3, 0.4) is 0 Å². The number of hydrogen-bond donors (Lipinski definition) is 3. The van der Waals surface area contributed by atoms with Crippen LogP contribution in [-0.4, -0.2) is 29.7 Å². The number of nitrogens with one attached hydrogen (secondary N) is 1. The van der Waals surface area contributed by atoms with Crippen LogP contribution in [0.1, 0.15) is 51.9 Å². The van der Waals surface area contributed by atoms with Crippen LogP contribution >= 0.6 is 0 Å². The Balaban J connectivity index is 2.19. The van der Waals surface area contributed by atoms with Gasteiger partial charge in [-0.05, 0) is 38.1 Å². The summed E-state index contributed by atoms with van der Waals surface area (Å²) in [5, 5.41) is 12.7. The summed E-state index contributed by atoms with van der Waals surface area (Å²) in [6, 6.07) is -0.0268. The molecular weight excluding hydrogens is 216 g/mol. The van der Waals surface area contributed by atoms with Crippen LogP contribution in [0.25, 0.3) is 0 Å². The smallest absolute Gasteiger partial charge is 0.220 e. The lowest BCUT2D eigenvalue weighted by Gasteiger charge is -2.28. The lowest BCUT2D eigenvalue weighted by atomic mass is 9.92. The third-order valence-corrected chi connectivity index (χ3v) is 3.60. The van der Waals surface area contributed by atoms with Crippen LogP contribution in [0.15, 0.2) is 0 Å². The lowest BCUT2D eigenvalue weighted by molar-refractivity contribution is -0.123. The van der Waals surface area contributed by atoms with Crippen molar-refractivity contribution in [3.8, 4) is 0 Å². The normalized spacial score (nSPS) is 26.5. The first-order valence-electron chi connectivity index (χ1n) is 6.81. The second kappa shape index (κ2) is 7.67. The molecule has 1 saturated carbocycles. The molecule has 4 nitrogen and oxygen atoms in total. The number of aliphatic hydroxyl groups is 1. The zero-order valence-electron chi connectivity index (χ0n) is 10.8. The molecule has 4 N–H and O–H groups in total. The molecule has 0 aliphatic heterocycles. The molecule has 0 aromatic rings. The van der Waals surface area contributed by atoms with Gasteiger partial charge >= 0.3 is 0 Å². The first kappa shape index (κ1) is 14.5. The van der Waals surface area contributed by atoms with Gasteiger partial charge in [0.1, 0.15) is 0 Å². The standard InChI is InChI=1S/C13H26N2O2/c1-10(8-9-14)6-7-13(17)15-11-4-2-3-5-12(11)16/h10-12,16H,2-9,14H2,1H3,(H,15,17)/t10?,11-,12-/m0/s1. The Morgan fingerprint density at radius 3 is 2.76 bits per heavy atom. The molecule has 1 aliphatic carbocycles. The molecule has 3 atom stereocenters. The molecule has 0 spiro atoms. The second-order valence-corrected chi connectivity index (χ2v) is 5.25. The minimum atomic E-state index is -0.353.